The Morgan fingerprint density at radius 1 is 1.56 bits per heavy atom. The van der Waals surface area contributed by atoms with Crippen LogP contribution in [0.3, 0.4) is 0 Å². The van der Waals surface area contributed by atoms with Gasteiger partial charge < -0.3 is 14.6 Å². The molecule has 1 aromatic heterocycles. The summed E-state index contributed by atoms with van der Waals surface area (Å²) in [6, 6.07) is -0.00959. The van der Waals surface area contributed by atoms with Gasteiger partial charge in [0.25, 0.3) is 0 Å². The van der Waals surface area contributed by atoms with E-state index in [0.717, 1.165) is 18.8 Å². The molecule has 0 fully saturated rings. The Hall–Kier alpha value is -1.36. The molecule has 0 aromatic carbocycles. The minimum Gasteiger partial charge on any atom is -0.468 e. The molecule has 0 aliphatic heterocycles. The molecule has 0 aliphatic rings. The number of esters is 1. The molecule has 1 atom stereocenters. The number of aryl methyl sites for hydroxylation is 2. The number of nitrogens with one attached hydrogen (secondary N) is 1. The molecule has 1 N–H and O–H groups in total. The van der Waals surface area contributed by atoms with Crippen molar-refractivity contribution in [1.29, 1.82) is 0 Å². The van der Waals surface area contributed by atoms with Crippen molar-refractivity contribution in [2.24, 2.45) is 0 Å². The van der Waals surface area contributed by atoms with Crippen LogP contribution in [0.2, 0.25) is 0 Å². The summed E-state index contributed by atoms with van der Waals surface area (Å²) < 4.78 is 6.89. The van der Waals surface area contributed by atoms with E-state index in [2.05, 4.69) is 21.8 Å². The number of aromatic nitrogens is 2. The third-order valence-electron chi connectivity index (χ3n) is 2.80. The smallest absolute Gasteiger partial charge is 0.322 e. The first-order valence-electron chi connectivity index (χ1n) is 6.42. The standard InChI is InChI=1S/C13H23N3O2/c1-5-12-14-7-9-16(12)8-6-11(13(17)18-4)15-10(2)3/h7,9-11,15H,5-6,8H2,1-4H3. The summed E-state index contributed by atoms with van der Waals surface area (Å²) in [6.45, 7) is 6.88. The molecule has 0 radical (unpaired) electrons. The van der Waals surface area contributed by atoms with Crippen LogP contribution in [0.1, 0.15) is 33.0 Å². The van der Waals surface area contributed by atoms with Gasteiger partial charge in [-0.25, -0.2) is 4.98 Å². The van der Waals surface area contributed by atoms with E-state index < -0.39 is 0 Å². The monoisotopic (exact) mass is 253 g/mol. The zero-order chi connectivity index (χ0) is 13.5. The van der Waals surface area contributed by atoms with Crippen molar-refractivity contribution >= 4 is 5.97 Å². The number of rotatable bonds is 7. The van der Waals surface area contributed by atoms with Gasteiger partial charge in [0.1, 0.15) is 11.9 Å². The van der Waals surface area contributed by atoms with Crippen molar-refractivity contribution < 1.29 is 9.53 Å². The second-order valence-electron chi connectivity index (χ2n) is 4.58. The Morgan fingerprint density at radius 3 is 2.83 bits per heavy atom. The molecule has 0 amide bonds. The van der Waals surface area contributed by atoms with Crippen molar-refractivity contribution in [2.45, 2.75) is 52.2 Å². The van der Waals surface area contributed by atoms with Crippen LogP contribution in [0.4, 0.5) is 0 Å². The van der Waals surface area contributed by atoms with Gasteiger partial charge in [0, 0.05) is 31.4 Å². The van der Waals surface area contributed by atoms with Crippen LogP contribution < -0.4 is 5.32 Å². The van der Waals surface area contributed by atoms with Gasteiger partial charge in [0.05, 0.1) is 7.11 Å². The van der Waals surface area contributed by atoms with Gasteiger partial charge >= 0.3 is 5.97 Å². The van der Waals surface area contributed by atoms with E-state index in [-0.39, 0.29) is 18.1 Å². The largest absolute Gasteiger partial charge is 0.468 e. The van der Waals surface area contributed by atoms with E-state index >= 15 is 0 Å². The molecule has 0 spiro atoms. The number of hydrogen-bond acceptors (Lipinski definition) is 4. The van der Waals surface area contributed by atoms with Gasteiger partial charge in [0.2, 0.25) is 0 Å². The highest BCUT2D eigenvalue weighted by molar-refractivity contribution is 5.75. The summed E-state index contributed by atoms with van der Waals surface area (Å²) in [7, 11) is 1.42. The molecule has 5 heteroatoms. The number of nitrogens with zero attached hydrogens (tertiary/aromatic N) is 2. The van der Waals surface area contributed by atoms with Gasteiger partial charge in [-0.2, -0.15) is 0 Å². The molecule has 1 aromatic rings. The van der Waals surface area contributed by atoms with Crippen molar-refractivity contribution in [3.63, 3.8) is 0 Å². The van der Waals surface area contributed by atoms with E-state index in [1.54, 1.807) is 6.20 Å². The normalized spacial score (nSPS) is 12.7. The lowest BCUT2D eigenvalue weighted by atomic mass is 10.2. The average molecular weight is 253 g/mol. The zero-order valence-corrected chi connectivity index (χ0v) is 11.6. The molecule has 1 rings (SSSR count). The van der Waals surface area contributed by atoms with Crippen molar-refractivity contribution in [3.8, 4) is 0 Å². The summed E-state index contributed by atoms with van der Waals surface area (Å²) in [4.78, 5) is 15.9. The molecule has 0 saturated heterocycles. The Bertz CT molecular complexity index is 374. The highest BCUT2D eigenvalue weighted by Gasteiger charge is 2.19. The minimum absolute atomic E-state index is 0.207. The number of carbonyl (C=O) groups excluding carboxylic acids is 1. The first-order valence-corrected chi connectivity index (χ1v) is 6.42. The second-order valence-corrected chi connectivity index (χ2v) is 4.58. The third kappa shape index (κ3) is 4.14. The van der Waals surface area contributed by atoms with E-state index in [4.69, 9.17) is 4.74 Å². The predicted octanol–water partition coefficient (Wildman–Crippen LogP) is 1.38. The van der Waals surface area contributed by atoms with Gasteiger partial charge in [-0.15, -0.1) is 0 Å². The quantitative estimate of drug-likeness (QED) is 0.746. The van der Waals surface area contributed by atoms with Crippen LogP contribution in [-0.4, -0.2) is 34.7 Å². The predicted molar refractivity (Wildman–Crippen MR) is 70.3 cm³/mol. The second kappa shape index (κ2) is 7.16. The zero-order valence-electron chi connectivity index (χ0n) is 11.6. The molecule has 0 aliphatic carbocycles. The molecule has 0 saturated carbocycles. The number of imidazole rings is 1. The lowest BCUT2D eigenvalue weighted by Crippen LogP contribution is -2.42. The SMILES string of the molecule is CCc1nccn1CCC(NC(C)C)C(=O)OC. The van der Waals surface area contributed by atoms with Crippen LogP contribution >= 0.6 is 0 Å². The van der Waals surface area contributed by atoms with Crippen molar-refractivity contribution in [3.05, 3.63) is 18.2 Å². The van der Waals surface area contributed by atoms with Crippen LogP contribution in [0.15, 0.2) is 12.4 Å². The van der Waals surface area contributed by atoms with Crippen LogP contribution in [0.25, 0.3) is 0 Å². The highest BCUT2D eigenvalue weighted by Crippen LogP contribution is 2.04. The number of carbonyl (C=O) groups is 1. The van der Waals surface area contributed by atoms with E-state index in [1.165, 1.54) is 7.11 Å². The number of hydrogen-bond donors (Lipinski definition) is 1. The molecule has 5 nitrogen and oxygen atoms in total. The Morgan fingerprint density at radius 2 is 2.28 bits per heavy atom. The molecule has 1 heterocycles. The lowest BCUT2D eigenvalue weighted by molar-refractivity contribution is -0.143. The molecule has 18 heavy (non-hydrogen) atoms. The molecule has 0 bridgehead atoms. The first-order chi connectivity index (χ1) is 8.58. The molecule has 102 valence electrons. The van der Waals surface area contributed by atoms with Crippen LogP contribution in [0, 0.1) is 0 Å². The fraction of sp³-hybridized carbons (Fsp3) is 0.692. The number of ether oxygens (including phenoxy) is 1. The van der Waals surface area contributed by atoms with Gasteiger partial charge in [-0.05, 0) is 6.42 Å². The van der Waals surface area contributed by atoms with Gasteiger partial charge in [-0.3, -0.25) is 4.79 Å². The fourth-order valence-electron chi connectivity index (χ4n) is 1.94. The summed E-state index contributed by atoms with van der Waals surface area (Å²) in [5.41, 5.74) is 0. The van der Waals surface area contributed by atoms with Crippen LogP contribution in [-0.2, 0) is 22.5 Å². The molecular formula is C13H23N3O2. The Kier molecular flexibility index (Phi) is 5.85. The van der Waals surface area contributed by atoms with Crippen molar-refractivity contribution in [1.82, 2.24) is 14.9 Å². The van der Waals surface area contributed by atoms with Crippen molar-refractivity contribution in [2.75, 3.05) is 7.11 Å². The maximum Gasteiger partial charge on any atom is 0.322 e. The fourth-order valence-corrected chi connectivity index (χ4v) is 1.94. The highest BCUT2D eigenvalue weighted by atomic mass is 16.5. The topological polar surface area (TPSA) is 56.2 Å². The third-order valence-corrected chi connectivity index (χ3v) is 2.80. The number of methoxy groups -OCH3 is 1. The lowest BCUT2D eigenvalue weighted by Gasteiger charge is -2.19. The Labute approximate surface area is 109 Å². The summed E-state index contributed by atoms with van der Waals surface area (Å²) in [6.07, 6.45) is 5.34. The Balaban J connectivity index is 2.58. The van der Waals surface area contributed by atoms with Gasteiger partial charge in [-0.1, -0.05) is 20.8 Å². The average Bonchev–Trinajstić information content (AvgIpc) is 2.80. The minimum atomic E-state index is -0.262. The maximum absolute atomic E-state index is 11.7. The van der Waals surface area contributed by atoms with E-state index in [1.807, 2.05) is 20.0 Å². The van der Waals surface area contributed by atoms with Gasteiger partial charge in [0.15, 0.2) is 0 Å². The summed E-state index contributed by atoms with van der Waals surface area (Å²) >= 11 is 0. The maximum atomic E-state index is 11.7. The van der Waals surface area contributed by atoms with Crippen LogP contribution in [0.5, 0.6) is 0 Å². The molecule has 1 unspecified atom stereocenters. The van der Waals surface area contributed by atoms with E-state index in [9.17, 15) is 4.79 Å². The molecular weight excluding hydrogens is 230 g/mol. The van der Waals surface area contributed by atoms with E-state index in [0.29, 0.717) is 6.42 Å². The summed E-state index contributed by atoms with van der Waals surface area (Å²) in [5.74, 6) is 0.838. The first kappa shape index (κ1) is 14.7. The summed E-state index contributed by atoms with van der Waals surface area (Å²) in [5, 5.41) is 3.22.